The molecule has 0 amide bonds. The minimum atomic E-state index is -0.343. The fourth-order valence-corrected chi connectivity index (χ4v) is 3.01. The predicted molar refractivity (Wildman–Crippen MR) is 114 cm³/mol. The summed E-state index contributed by atoms with van der Waals surface area (Å²) in [5.41, 5.74) is 14.2. The monoisotopic (exact) mass is 370 g/mol. The number of rotatable bonds is 12. The third-order valence-corrected chi connectivity index (χ3v) is 4.78. The van der Waals surface area contributed by atoms with Gasteiger partial charge in [0.15, 0.2) is 0 Å². The molecule has 0 aliphatic heterocycles. The Bertz CT molecular complexity index is 671. The molecular weight excluding hydrogens is 336 g/mol. The highest BCUT2D eigenvalue weighted by Gasteiger charge is 2.14. The largest absolute Gasteiger partial charge is 0.455 e. The summed E-state index contributed by atoms with van der Waals surface area (Å²) in [6.07, 6.45) is 9.30. The van der Waals surface area contributed by atoms with E-state index < -0.39 is 0 Å². The van der Waals surface area contributed by atoms with Gasteiger partial charge in [-0.05, 0) is 49.7 Å². The van der Waals surface area contributed by atoms with Crippen molar-refractivity contribution >= 4 is 11.4 Å². The van der Waals surface area contributed by atoms with Crippen LogP contribution in [-0.4, -0.2) is 6.29 Å². The molecule has 0 radical (unpaired) electrons. The third kappa shape index (κ3) is 7.41. The van der Waals surface area contributed by atoms with Crippen molar-refractivity contribution in [3.63, 3.8) is 0 Å². The summed E-state index contributed by atoms with van der Waals surface area (Å²) in [7, 11) is 0. The lowest BCUT2D eigenvalue weighted by Gasteiger charge is -2.22. The highest BCUT2D eigenvalue weighted by molar-refractivity contribution is 5.53. The lowest BCUT2D eigenvalue weighted by atomic mass is 10.1. The smallest absolute Gasteiger partial charge is 0.241 e. The predicted octanol–water partition coefficient (Wildman–Crippen LogP) is 6.08. The minimum absolute atomic E-state index is 0.343. The number of hydrogen-bond acceptors (Lipinski definition) is 4. The lowest BCUT2D eigenvalue weighted by Crippen LogP contribution is -2.24. The zero-order chi connectivity index (χ0) is 19.5. The Hall–Kier alpha value is -2.36. The van der Waals surface area contributed by atoms with Gasteiger partial charge in [0.1, 0.15) is 11.5 Å². The van der Waals surface area contributed by atoms with Crippen LogP contribution < -0.4 is 20.9 Å². The summed E-state index contributed by atoms with van der Waals surface area (Å²) < 4.78 is 12.3. The van der Waals surface area contributed by atoms with Gasteiger partial charge in [-0.1, -0.05) is 51.5 Å². The van der Waals surface area contributed by atoms with Crippen LogP contribution in [0.1, 0.15) is 63.9 Å². The van der Waals surface area contributed by atoms with Crippen LogP contribution in [0.15, 0.2) is 42.5 Å². The molecule has 4 N–H and O–H groups in total. The van der Waals surface area contributed by atoms with Crippen LogP contribution in [0, 0.1) is 6.92 Å². The Kier molecular flexibility index (Phi) is 8.82. The van der Waals surface area contributed by atoms with Crippen LogP contribution in [0.2, 0.25) is 0 Å². The van der Waals surface area contributed by atoms with Gasteiger partial charge in [0.05, 0.1) is 0 Å². The van der Waals surface area contributed by atoms with Gasteiger partial charge in [-0.25, -0.2) is 0 Å². The Balaban J connectivity index is 1.93. The quantitative estimate of drug-likeness (QED) is 0.270. The summed E-state index contributed by atoms with van der Waals surface area (Å²) in [5.74, 6) is 1.54. The van der Waals surface area contributed by atoms with Crippen molar-refractivity contribution in [1.82, 2.24) is 0 Å². The van der Waals surface area contributed by atoms with E-state index in [1.54, 1.807) is 0 Å². The van der Waals surface area contributed by atoms with Gasteiger partial charge in [0.25, 0.3) is 0 Å². The maximum absolute atomic E-state index is 6.17. The minimum Gasteiger partial charge on any atom is -0.455 e. The van der Waals surface area contributed by atoms with Crippen molar-refractivity contribution in [2.45, 2.75) is 71.5 Å². The molecule has 1 atom stereocenters. The van der Waals surface area contributed by atoms with E-state index in [0.29, 0.717) is 0 Å². The first-order chi connectivity index (χ1) is 13.1. The first kappa shape index (κ1) is 20.9. The molecule has 0 saturated carbocycles. The molecule has 4 nitrogen and oxygen atoms in total. The normalized spacial score (nSPS) is 11.9. The van der Waals surface area contributed by atoms with Crippen LogP contribution in [0.4, 0.5) is 11.4 Å². The number of benzene rings is 2. The van der Waals surface area contributed by atoms with Gasteiger partial charge in [-0.2, -0.15) is 0 Å². The van der Waals surface area contributed by atoms with Gasteiger partial charge < -0.3 is 20.9 Å². The lowest BCUT2D eigenvalue weighted by molar-refractivity contribution is -0.00288. The summed E-state index contributed by atoms with van der Waals surface area (Å²) >= 11 is 0. The van der Waals surface area contributed by atoms with Gasteiger partial charge in [0.2, 0.25) is 6.29 Å². The fourth-order valence-electron chi connectivity index (χ4n) is 3.01. The van der Waals surface area contributed by atoms with Gasteiger partial charge >= 0.3 is 0 Å². The van der Waals surface area contributed by atoms with Crippen molar-refractivity contribution in [2.24, 2.45) is 0 Å². The Morgan fingerprint density at radius 3 is 2.19 bits per heavy atom. The second-order valence-electron chi connectivity index (χ2n) is 7.11. The molecule has 0 aromatic heterocycles. The fraction of sp³-hybridized carbons (Fsp3) is 0.478. The second kappa shape index (κ2) is 11.4. The van der Waals surface area contributed by atoms with Gasteiger partial charge in [-0.15, -0.1) is 0 Å². The molecule has 4 heteroatoms. The zero-order valence-electron chi connectivity index (χ0n) is 16.7. The number of hydrogen-bond donors (Lipinski definition) is 2. The van der Waals surface area contributed by atoms with E-state index in [-0.39, 0.29) is 6.29 Å². The third-order valence-electron chi connectivity index (χ3n) is 4.78. The summed E-state index contributed by atoms with van der Waals surface area (Å²) in [6.45, 7) is 4.22. The molecule has 0 fully saturated rings. The number of nitrogen functional groups attached to an aromatic ring is 2. The molecular formula is C23H34N2O2. The molecule has 0 aliphatic carbocycles. The molecule has 2 aromatic rings. The van der Waals surface area contributed by atoms with Gasteiger partial charge in [0, 0.05) is 23.4 Å². The SMILES string of the molecule is CCCCCCCCCC(Oc1ccc(N)cc1)Oc1cccc(N)c1C. The van der Waals surface area contributed by atoms with Crippen LogP contribution in [0.25, 0.3) is 0 Å². The van der Waals surface area contributed by atoms with E-state index in [2.05, 4.69) is 6.92 Å². The van der Waals surface area contributed by atoms with E-state index in [1.165, 1.54) is 38.5 Å². The van der Waals surface area contributed by atoms with E-state index in [1.807, 2.05) is 49.4 Å². The second-order valence-corrected chi connectivity index (χ2v) is 7.11. The molecule has 0 aliphatic rings. The van der Waals surface area contributed by atoms with E-state index in [4.69, 9.17) is 20.9 Å². The van der Waals surface area contributed by atoms with Crippen molar-refractivity contribution in [1.29, 1.82) is 0 Å². The summed E-state index contributed by atoms with van der Waals surface area (Å²) in [6, 6.07) is 13.2. The molecule has 148 valence electrons. The molecule has 2 aromatic carbocycles. The van der Waals surface area contributed by atoms with Crippen molar-refractivity contribution < 1.29 is 9.47 Å². The average Bonchev–Trinajstić information content (AvgIpc) is 2.66. The highest BCUT2D eigenvalue weighted by atomic mass is 16.7. The number of unbranched alkanes of at least 4 members (excludes halogenated alkanes) is 6. The number of ether oxygens (including phenoxy) is 2. The van der Waals surface area contributed by atoms with E-state index in [0.717, 1.165) is 41.3 Å². The molecule has 27 heavy (non-hydrogen) atoms. The standard InChI is InChI=1S/C23H34N2O2/c1-3-4-5-6-7-8-9-13-23(26-20-16-14-19(24)15-17-20)27-22-12-10-11-21(25)18(22)2/h10-12,14-17,23H,3-9,13,24-25H2,1-2H3. The van der Waals surface area contributed by atoms with Crippen molar-refractivity contribution in [3.05, 3.63) is 48.0 Å². The topological polar surface area (TPSA) is 70.5 Å². The number of anilines is 2. The van der Waals surface area contributed by atoms with Crippen molar-refractivity contribution in [3.8, 4) is 11.5 Å². The molecule has 2 rings (SSSR count). The maximum Gasteiger partial charge on any atom is 0.241 e. The molecule has 1 unspecified atom stereocenters. The first-order valence-electron chi connectivity index (χ1n) is 10.1. The molecule has 0 saturated heterocycles. The maximum atomic E-state index is 6.17. The van der Waals surface area contributed by atoms with E-state index >= 15 is 0 Å². The first-order valence-corrected chi connectivity index (χ1v) is 10.1. The Morgan fingerprint density at radius 1 is 0.815 bits per heavy atom. The zero-order valence-corrected chi connectivity index (χ0v) is 16.7. The van der Waals surface area contributed by atoms with Crippen LogP contribution in [0.3, 0.4) is 0 Å². The molecule has 0 heterocycles. The molecule has 0 spiro atoms. The average molecular weight is 371 g/mol. The van der Waals surface area contributed by atoms with Gasteiger partial charge in [-0.3, -0.25) is 0 Å². The Labute approximate surface area is 163 Å². The van der Waals surface area contributed by atoms with Crippen LogP contribution >= 0.6 is 0 Å². The number of nitrogens with two attached hydrogens (primary N) is 2. The summed E-state index contributed by atoms with van der Waals surface area (Å²) in [5, 5.41) is 0. The van der Waals surface area contributed by atoms with Crippen molar-refractivity contribution in [2.75, 3.05) is 11.5 Å². The Morgan fingerprint density at radius 2 is 1.48 bits per heavy atom. The van der Waals surface area contributed by atoms with E-state index in [9.17, 15) is 0 Å². The van der Waals surface area contributed by atoms with Crippen LogP contribution in [-0.2, 0) is 0 Å². The molecule has 0 bridgehead atoms. The summed E-state index contributed by atoms with van der Waals surface area (Å²) in [4.78, 5) is 0. The van der Waals surface area contributed by atoms with Crippen LogP contribution in [0.5, 0.6) is 11.5 Å². The highest BCUT2D eigenvalue weighted by Crippen LogP contribution is 2.26.